The molecule has 8 atom stereocenters. The molecule has 0 heterocycles. The Balaban J connectivity index is 0.000000597. The zero-order valence-corrected chi connectivity index (χ0v) is 26.7. The molecule has 4 saturated carbocycles. The van der Waals surface area contributed by atoms with E-state index in [9.17, 15) is 5.11 Å². The van der Waals surface area contributed by atoms with Gasteiger partial charge in [-0.05, 0) is 137 Å². The second-order valence-electron chi connectivity index (χ2n) is 13.2. The number of ether oxygens (including phenoxy) is 1. The van der Waals surface area contributed by atoms with E-state index in [1.165, 1.54) is 70.6 Å². The zero-order valence-electron chi connectivity index (χ0n) is 26.7. The lowest BCUT2D eigenvalue weighted by atomic mass is 9.44. The first-order chi connectivity index (χ1) is 19.9. The third-order valence-electron chi connectivity index (χ3n) is 11.2. The average molecular weight is 582 g/mol. The van der Waals surface area contributed by atoms with Gasteiger partial charge >= 0.3 is 0 Å². The molecule has 0 bridgehead atoms. The van der Waals surface area contributed by atoms with Gasteiger partial charge < -0.3 is 37.3 Å². The van der Waals surface area contributed by atoms with Gasteiger partial charge in [-0.3, -0.25) is 0 Å². The molecule has 0 saturated heterocycles. The van der Waals surface area contributed by atoms with Crippen LogP contribution in [-0.2, 0) is 4.74 Å². The summed E-state index contributed by atoms with van der Waals surface area (Å²) in [5.41, 5.74) is 16.7. The molecule has 9 N–H and O–H groups in total. The fourth-order valence-electron chi connectivity index (χ4n) is 9.07. The Hall–Kier alpha value is -0.720. The van der Waals surface area contributed by atoms with Crippen LogP contribution in [0.2, 0.25) is 0 Å². The third kappa shape index (κ3) is 10.2. The monoisotopic (exact) mass is 582 g/mol. The molecule has 4 fully saturated rings. The van der Waals surface area contributed by atoms with Crippen molar-refractivity contribution in [2.24, 2.45) is 57.6 Å². The summed E-state index contributed by atoms with van der Waals surface area (Å²) in [5, 5.41) is 25.3. The number of terminal acetylenes is 1. The highest BCUT2D eigenvalue weighted by Crippen LogP contribution is 2.68. The Labute approximate surface area is 252 Å². The van der Waals surface area contributed by atoms with Crippen LogP contribution in [0.4, 0.5) is 0 Å². The minimum atomic E-state index is 0.219. The standard InChI is InChI=1S/C26H47NO2.2C3H9NO.C2H2/c1-25-14-5-3-8-19(25)10-12-21-22-13-11-20(9-4-6-16-28)26(22,2)24(18-23(21)25)29-17-7-15-27;2*4-2-1-3-5;1-2/h19-24,28H,3-18,27H2,1-2H3;2*5H,1-4H2;1-2H/t19?,20?,21?,22?,23?,24-,25-,26+;;;/m0.../s1. The molecule has 0 aromatic heterocycles. The van der Waals surface area contributed by atoms with Gasteiger partial charge in [0.05, 0.1) is 6.10 Å². The van der Waals surface area contributed by atoms with E-state index in [-0.39, 0.29) is 13.2 Å². The molecule has 7 heteroatoms. The topological polar surface area (TPSA) is 148 Å². The molecule has 7 nitrogen and oxygen atoms in total. The summed E-state index contributed by atoms with van der Waals surface area (Å²) < 4.78 is 6.72. The van der Waals surface area contributed by atoms with E-state index >= 15 is 0 Å². The number of aliphatic hydroxyl groups is 3. The van der Waals surface area contributed by atoms with E-state index in [1.807, 2.05) is 0 Å². The van der Waals surface area contributed by atoms with Gasteiger partial charge in [0.15, 0.2) is 0 Å². The van der Waals surface area contributed by atoms with Gasteiger partial charge in [0.1, 0.15) is 0 Å². The molecule has 4 aliphatic rings. The first kappa shape index (κ1) is 38.3. The molecule has 0 spiro atoms. The van der Waals surface area contributed by atoms with Gasteiger partial charge in [-0.25, -0.2) is 0 Å². The number of unbranched alkanes of at least 4 members (excludes halogenated alkanes) is 1. The number of aliphatic hydroxyl groups excluding tert-OH is 3. The normalized spacial score (nSPS) is 35.2. The Kier molecular flexibility index (Phi) is 19.7. The van der Waals surface area contributed by atoms with Gasteiger partial charge in [-0.2, -0.15) is 0 Å². The maximum absolute atomic E-state index is 9.29. The number of fused-ring (bicyclic) bond motifs is 5. The fourth-order valence-corrected chi connectivity index (χ4v) is 9.07. The van der Waals surface area contributed by atoms with Crippen LogP contribution in [0.25, 0.3) is 0 Å². The molecule has 4 rings (SSSR count). The molecule has 4 aliphatic carbocycles. The minimum absolute atomic E-state index is 0.219. The summed E-state index contributed by atoms with van der Waals surface area (Å²) in [7, 11) is 0. The van der Waals surface area contributed by atoms with Crippen LogP contribution in [-0.4, -0.2) is 67.5 Å². The largest absolute Gasteiger partial charge is 0.396 e. The molecular formula is C34H67N3O4. The van der Waals surface area contributed by atoms with Crippen molar-refractivity contribution in [2.45, 2.75) is 116 Å². The highest BCUT2D eigenvalue weighted by Gasteiger charge is 2.63. The molecule has 0 aromatic rings. The highest BCUT2D eigenvalue weighted by molar-refractivity contribution is 5.12. The van der Waals surface area contributed by atoms with Crippen molar-refractivity contribution in [1.29, 1.82) is 0 Å². The van der Waals surface area contributed by atoms with Gasteiger partial charge in [0, 0.05) is 26.4 Å². The van der Waals surface area contributed by atoms with Crippen LogP contribution in [0.3, 0.4) is 0 Å². The summed E-state index contributed by atoms with van der Waals surface area (Å²) >= 11 is 0. The lowest BCUT2D eigenvalue weighted by Gasteiger charge is -2.62. The maximum atomic E-state index is 9.29. The lowest BCUT2D eigenvalue weighted by molar-refractivity contribution is -0.181. The van der Waals surface area contributed by atoms with Crippen molar-refractivity contribution in [3.63, 3.8) is 0 Å². The highest BCUT2D eigenvalue weighted by atomic mass is 16.5. The van der Waals surface area contributed by atoms with Crippen molar-refractivity contribution in [2.75, 3.05) is 46.1 Å². The molecule has 5 unspecified atom stereocenters. The second kappa shape index (κ2) is 21.1. The predicted octanol–water partition coefficient (Wildman–Crippen LogP) is 4.45. The van der Waals surface area contributed by atoms with Crippen LogP contribution >= 0.6 is 0 Å². The first-order valence-electron chi connectivity index (χ1n) is 16.8. The van der Waals surface area contributed by atoms with E-state index in [1.54, 1.807) is 0 Å². The quantitative estimate of drug-likeness (QED) is 0.147. The van der Waals surface area contributed by atoms with Crippen molar-refractivity contribution < 1.29 is 20.1 Å². The number of hydrogen-bond donors (Lipinski definition) is 6. The van der Waals surface area contributed by atoms with Crippen molar-refractivity contribution in [3.8, 4) is 12.8 Å². The lowest BCUT2D eigenvalue weighted by Crippen LogP contribution is -2.58. The van der Waals surface area contributed by atoms with Crippen LogP contribution < -0.4 is 17.2 Å². The molecule has 0 aliphatic heterocycles. The van der Waals surface area contributed by atoms with Crippen LogP contribution in [0.15, 0.2) is 0 Å². The Bertz CT molecular complexity index is 670. The summed E-state index contributed by atoms with van der Waals surface area (Å²) in [5.74, 6) is 4.39. The van der Waals surface area contributed by atoms with Gasteiger partial charge in [-0.15, -0.1) is 12.8 Å². The SMILES string of the molecule is C#C.C[C@]12CCCCC1CCC1C2C[C@H](OCCCN)[C@]2(C)C(CCCCO)CCC12.NCCCO.NCCCO. The van der Waals surface area contributed by atoms with Crippen molar-refractivity contribution >= 4 is 0 Å². The molecule has 0 radical (unpaired) electrons. The molecular weight excluding hydrogens is 514 g/mol. The van der Waals surface area contributed by atoms with E-state index in [2.05, 4.69) is 26.7 Å². The van der Waals surface area contributed by atoms with Crippen LogP contribution in [0.1, 0.15) is 110 Å². The zero-order chi connectivity index (χ0) is 30.7. The van der Waals surface area contributed by atoms with Gasteiger partial charge in [-0.1, -0.05) is 33.1 Å². The Morgan fingerprint density at radius 3 is 1.93 bits per heavy atom. The van der Waals surface area contributed by atoms with Crippen molar-refractivity contribution in [3.05, 3.63) is 0 Å². The van der Waals surface area contributed by atoms with Crippen LogP contribution in [0, 0.1) is 53.3 Å². The summed E-state index contributed by atoms with van der Waals surface area (Å²) in [6, 6.07) is 0. The Morgan fingerprint density at radius 1 is 0.732 bits per heavy atom. The third-order valence-corrected chi connectivity index (χ3v) is 11.2. The Morgan fingerprint density at radius 2 is 1.37 bits per heavy atom. The maximum Gasteiger partial charge on any atom is 0.0637 e. The fraction of sp³-hybridized carbons (Fsp3) is 0.941. The van der Waals surface area contributed by atoms with Crippen LogP contribution in [0.5, 0.6) is 0 Å². The number of hydrogen-bond acceptors (Lipinski definition) is 7. The first-order valence-corrected chi connectivity index (χ1v) is 16.8. The van der Waals surface area contributed by atoms with E-state index in [0.717, 1.165) is 68.4 Å². The molecule has 242 valence electrons. The average Bonchev–Trinajstić information content (AvgIpc) is 3.33. The van der Waals surface area contributed by atoms with E-state index in [0.29, 0.717) is 36.6 Å². The molecule has 0 aromatic carbocycles. The van der Waals surface area contributed by atoms with Gasteiger partial charge in [0.2, 0.25) is 0 Å². The smallest absolute Gasteiger partial charge is 0.0637 e. The van der Waals surface area contributed by atoms with Crippen molar-refractivity contribution in [1.82, 2.24) is 0 Å². The predicted molar refractivity (Wildman–Crippen MR) is 171 cm³/mol. The van der Waals surface area contributed by atoms with E-state index in [4.69, 9.17) is 32.2 Å². The molecule has 41 heavy (non-hydrogen) atoms. The second-order valence-corrected chi connectivity index (χ2v) is 13.2. The minimum Gasteiger partial charge on any atom is -0.396 e. The number of rotatable bonds is 12. The summed E-state index contributed by atoms with van der Waals surface area (Å²) in [4.78, 5) is 0. The number of nitrogens with two attached hydrogens (primary N) is 3. The van der Waals surface area contributed by atoms with E-state index < -0.39 is 0 Å². The van der Waals surface area contributed by atoms with Gasteiger partial charge in [0.25, 0.3) is 0 Å². The summed E-state index contributed by atoms with van der Waals surface area (Å²) in [6.45, 7) is 8.81. The molecule has 0 amide bonds. The summed E-state index contributed by atoms with van der Waals surface area (Å²) in [6.07, 6.45) is 27.2.